The van der Waals surface area contributed by atoms with Gasteiger partial charge in [-0.3, -0.25) is 4.98 Å². The van der Waals surface area contributed by atoms with Gasteiger partial charge >= 0.3 is 0 Å². The first-order valence-corrected chi connectivity index (χ1v) is 8.12. The Kier molecular flexibility index (Phi) is 5.59. The number of aryl methyl sites for hydroxylation is 2. The van der Waals surface area contributed by atoms with Crippen molar-refractivity contribution in [3.05, 3.63) is 47.8 Å². The predicted octanol–water partition coefficient (Wildman–Crippen LogP) is 5.43. The molecule has 0 amide bonds. The molecule has 0 saturated carbocycles. The highest BCUT2D eigenvalue weighted by molar-refractivity contribution is 5.65. The van der Waals surface area contributed by atoms with E-state index in [2.05, 4.69) is 56.9 Å². The molecule has 118 valence electrons. The van der Waals surface area contributed by atoms with E-state index in [1.807, 2.05) is 19.2 Å². The summed E-state index contributed by atoms with van der Waals surface area (Å²) in [6, 6.07) is 10.6. The lowest BCUT2D eigenvalue weighted by Crippen LogP contribution is -2.11. The zero-order valence-electron chi connectivity index (χ0n) is 14.4. The number of rotatable bonds is 6. The summed E-state index contributed by atoms with van der Waals surface area (Å²) in [5.41, 5.74) is 4.64. The second-order valence-electron chi connectivity index (χ2n) is 6.71. The molecule has 22 heavy (non-hydrogen) atoms. The van der Waals surface area contributed by atoms with Crippen LogP contribution in [0.25, 0.3) is 11.1 Å². The van der Waals surface area contributed by atoms with Crippen molar-refractivity contribution in [2.75, 3.05) is 6.61 Å². The summed E-state index contributed by atoms with van der Waals surface area (Å²) < 4.78 is 6.00. The van der Waals surface area contributed by atoms with Crippen LogP contribution in [0.1, 0.15) is 38.4 Å². The Balaban J connectivity index is 2.07. The first-order valence-electron chi connectivity index (χ1n) is 8.12. The van der Waals surface area contributed by atoms with Crippen LogP contribution < -0.4 is 4.74 Å². The smallest absolute Gasteiger partial charge is 0.122 e. The Morgan fingerprint density at radius 1 is 1.00 bits per heavy atom. The number of nitrogens with zero attached hydrogens (tertiary/aromatic N) is 1. The number of hydrogen-bond acceptors (Lipinski definition) is 2. The summed E-state index contributed by atoms with van der Waals surface area (Å²) in [6.45, 7) is 11.7. The minimum atomic E-state index is 0.585. The summed E-state index contributed by atoms with van der Waals surface area (Å²) in [7, 11) is 0. The van der Waals surface area contributed by atoms with Crippen molar-refractivity contribution < 1.29 is 4.74 Å². The van der Waals surface area contributed by atoms with Crippen molar-refractivity contribution in [3.8, 4) is 16.9 Å². The maximum absolute atomic E-state index is 6.00. The van der Waals surface area contributed by atoms with Crippen LogP contribution in [0.4, 0.5) is 0 Å². The standard InChI is InChI=1S/C20H27NO/c1-14(2)10-15(3)13-22-20-7-6-18(11-16(20)4)19-8-9-21-17(5)12-19/h6-9,11-12,14-15H,10,13H2,1-5H3. The van der Waals surface area contributed by atoms with E-state index in [0.29, 0.717) is 5.92 Å². The number of aromatic nitrogens is 1. The van der Waals surface area contributed by atoms with E-state index in [4.69, 9.17) is 4.74 Å². The highest BCUT2D eigenvalue weighted by Crippen LogP contribution is 2.27. The van der Waals surface area contributed by atoms with Gasteiger partial charge in [-0.15, -0.1) is 0 Å². The number of pyridine rings is 1. The quantitative estimate of drug-likeness (QED) is 0.709. The van der Waals surface area contributed by atoms with E-state index in [9.17, 15) is 0 Å². The zero-order chi connectivity index (χ0) is 16.1. The lowest BCUT2D eigenvalue weighted by atomic mass is 10.00. The van der Waals surface area contributed by atoms with Crippen LogP contribution in [0.5, 0.6) is 5.75 Å². The molecule has 0 aliphatic rings. The summed E-state index contributed by atoms with van der Waals surface area (Å²) in [5.74, 6) is 2.30. The summed E-state index contributed by atoms with van der Waals surface area (Å²) >= 11 is 0. The third-order valence-corrected chi connectivity index (χ3v) is 3.80. The summed E-state index contributed by atoms with van der Waals surface area (Å²) in [4.78, 5) is 4.25. The fourth-order valence-corrected chi connectivity index (χ4v) is 2.82. The maximum atomic E-state index is 6.00. The van der Waals surface area contributed by atoms with Crippen LogP contribution in [0, 0.1) is 25.7 Å². The summed E-state index contributed by atoms with van der Waals surface area (Å²) in [6.07, 6.45) is 3.06. The predicted molar refractivity (Wildman–Crippen MR) is 93.3 cm³/mol. The van der Waals surface area contributed by atoms with E-state index in [1.54, 1.807) is 0 Å². The van der Waals surface area contributed by atoms with Gasteiger partial charge in [-0.1, -0.05) is 26.8 Å². The van der Waals surface area contributed by atoms with Gasteiger partial charge in [0.1, 0.15) is 5.75 Å². The van der Waals surface area contributed by atoms with Crippen LogP contribution in [0.2, 0.25) is 0 Å². The SMILES string of the molecule is Cc1cc(-c2ccc(OCC(C)CC(C)C)c(C)c2)ccn1. The van der Waals surface area contributed by atoms with Gasteiger partial charge in [0.25, 0.3) is 0 Å². The Labute approximate surface area is 134 Å². The molecule has 0 fully saturated rings. The lowest BCUT2D eigenvalue weighted by molar-refractivity contribution is 0.238. The van der Waals surface area contributed by atoms with Crippen LogP contribution in [-0.2, 0) is 0 Å². The van der Waals surface area contributed by atoms with E-state index >= 15 is 0 Å². The van der Waals surface area contributed by atoms with E-state index in [-0.39, 0.29) is 0 Å². The fourth-order valence-electron chi connectivity index (χ4n) is 2.82. The second-order valence-corrected chi connectivity index (χ2v) is 6.71. The third kappa shape index (κ3) is 4.59. The molecular formula is C20H27NO. The topological polar surface area (TPSA) is 22.1 Å². The molecule has 0 saturated heterocycles. The average Bonchev–Trinajstić information content (AvgIpc) is 2.45. The molecule has 1 aromatic heterocycles. The van der Waals surface area contributed by atoms with Crippen molar-refractivity contribution in [2.45, 2.75) is 41.0 Å². The number of hydrogen-bond donors (Lipinski definition) is 0. The van der Waals surface area contributed by atoms with Gasteiger partial charge in [-0.25, -0.2) is 0 Å². The van der Waals surface area contributed by atoms with Crippen LogP contribution in [0.15, 0.2) is 36.5 Å². The van der Waals surface area contributed by atoms with Crippen molar-refractivity contribution >= 4 is 0 Å². The minimum absolute atomic E-state index is 0.585. The molecule has 1 heterocycles. The van der Waals surface area contributed by atoms with E-state index in [1.165, 1.54) is 23.1 Å². The number of benzene rings is 1. The zero-order valence-corrected chi connectivity index (χ0v) is 14.4. The summed E-state index contributed by atoms with van der Waals surface area (Å²) in [5, 5.41) is 0. The molecule has 0 radical (unpaired) electrons. The molecule has 1 unspecified atom stereocenters. The van der Waals surface area contributed by atoms with Gasteiger partial charge in [-0.2, -0.15) is 0 Å². The molecule has 0 N–H and O–H groups in total. The first kappa shape index (κ1) is 16.5. The molecule has 2 nitrogen and oxygen atoms in total. The second kappa shape index (κ2) is 7.44. The van der Waals surface area contributed by atoms with E-state index < -0.39 is 0 Å². The molecule has 0 aliphatic carbocycles. The molecule has 1 atom stereocenters. The van der Waals surface area contributed by atoms with Crippen LogP contribution >= 0.6 is 0 Å². The van der Waals surface area contributed by atoms with Crippen molar-refractivity contribution in [2.24, 2.45) is 11.8 Å². The molecular weight excluding hydrogens is 270 g/mol. The molecule has 2 heteroatoms. The first-order chi connectivity index (χ1) is 10.5. The van der Waals surface area contributed by atoms with Crippen molar-refractivity contribution in [3.63, 3.8) is 0 Å². The Morgan fingerprint density at radius 2 is 1.73 bits per heavy atom. The van der Waals surface area contributed by atoms with E-state index in [0.717, 1.165) is 24.0 Å². The monoisotopic (exact) mass is 297 g/mol. The van der Waals surface area contributed by atoms with Crippen LogP contribution in [-0.4, -0.2) is 11.6 Å². The molecule has 0 aliphatic heterocycles. The van der Waals surface area contributed by atoms with Crippen LogP contribution in [0.3, 0.4) is 0 Å². The maximum Gasteiger partial charge on any atom is 0.122 e. The average molecular weight is 297 g/mol. The molecule has 0 bridgehead atoms. The lowest BCUT2D eigenvalue weighted by Gasteiger charge is -2.16. The van der Waals surface area contributed by atoms with Crippen molar-refractivity contribution in [1.29, 1.82) is 0 Å². The highest BCUT2D eigenvalue weighted by Gasteiger charge is 2.08. The third-order valence-electron chi connectivity index (χ3n) is 3.80. The molecule has 1 aromatic carbocycles. The normalized spacial score (nSPS) is 12.5. The van der Waals surface area contributed by atoms with Crippen molar-refractivity contribution in [1.82, 2.24) is 4.98 Å². The van der Waals surface area contributed by atoms with Gasteiger partial charge in [0, 0.05) is 11.9 Å². The molecule has 2 rings (SSSR count). The largest absolute Gasteiger partial charge is 0.493 e. The minimum Gasteiger partial charge on any atom is -0.493 e. The van der Waals surface area contributed by atoms with Gasteiger partial charge < -0.3 is 4.74 Å². The number of ether oxygens (including phenoxy) is 1. The van der Waals surface area contributed by atoms with Gasteiger partial charge in [0.15, 0.2) is 0 Å². The van der Waals surface area contributed by atoms with Gasteiger partial charge in [0.05, 0.1) is 6.61 Å². The Hall–Kier alpha value is -1.83. The highest BCUT2D eigenvalue weighted by atomic mass is 16.5. The molecule has 0 spiro atoms. The molecule has 2 aromatic rings. The van der Waals surface area contributed by atoms with Gasteiger partial charge in [0.2, 0.25) is 0 Å². The Bertz CT molecular complexity index is 619. The fraction of sp³-hybridized carbons (Fsp3) is 0.450. The van der Waals surface area contributed by atoms with Gasteiger partial charge in [-0.05, 0) is 73.1 Å². The Morgan fingerprint density at radius 3 is 2.36 bits per heavy atom.